The molecule has 0 aliphatic carbocycles. The third-order valence-corrected chi connectivity index (χ3v) is 3.08. The Labute approximate surface area is 120 Å². The molecule has 2 aromatic carbocycles. The van der Waals surface area contributed by atoms with Crippen molar-refractivity contribution in [2.24, 2.45) is 10.7 Å². The van der Waals surface area contributed by atoms with Crippen LogP contribution in [0.4, 0.5) is 11.4 Å². The van der Waals surface area contributed by atoms with Crippen LogP contribution in [0.2, 0.25) is 0 Å². The molecule has 3 nitrogen and oxygen atoms in total. The number of anilines is 1. The molecular weight excluding hydrogens is 246 g/mol. The fraction of sp³-hybridized carbons (Fsp3) is 0.235. The Bertz CT molecular complexity index is 535. The van der Waals surface area contributed by atoms with E-state index in [-0.39, 0.29) is 0 Å². The SMILES string of the molecule is CCCCN(C(N)=Nc1ccccc1)c1ccccc1. The van der Waals surface area contributed by atoms with E-state index in [1.54, 1.807) is 0 Å². The average molecular weight is 267 g/mol. The summed E-state index contributed by atoms with van der Waals surface area (Å²) in [5.74, 6) is 0.538. The number of rotatable bonds is 5. The molecule has 2 aromatic rings. The van der Waals surface area contributed by atoms with Crippen LogP contribution in [0.1, 0.15) is 19.8 Å². The number of nitrogens with zero attached hydrogens (tertiary/aromatic N) is 2. The van der Waals surface area contributed by atoms with Crippen molar-refractivity contribution in [3.8, 4) is 0 Å². The lowest BCUT2D eigenvalue weighted by molar-refractivity contribution is 0.792. The molecular formula is C17H21N3. The lowest BCUT2D eigenvalue weighted by Crippen LogP contribution is -2.38. The number of aliphatic imine (C=N–C) groups is 1. The summed E-state index contributed by atoms with van der Waals surface area (Å²) in [4.78, 5) is 6.57. The fourth-order valence-electron chi connectivity index (χ4n) is 2.00. The molecule has 0 unspecified atom stereocenters. The van der Waals surface area contributed by atoms with Gasteiger partial charge in [-0.05, 0) is 30.7 Å². The molecule has 3 heteroatoms. The predicted octanol–water partition coefficient (Wildman–Crippen LogP) is 3.94. The normalized spacial score (nSPS) is 11.3. The second-order valence-corrected chi connectivity index (χ2v) is 4.65. The Hall–Kier alpha value is -2.29. The molecule has 0 saturated carbocycles. The van der Waals surface area contributed by atoms with Gasteiger partial charge in [0.1, 0.15) is 0 Å². The Morgan fingerprint density at radius 3 is 2.20 bits per heavy atom. The number of guanidine groups is 1. The van der Waals surface area contributed by atoms with Gasteiger partial charge < -0.3 is 10.6 Å². The van der Waals surface area contributed by atoms with Crippen LogP contribution in [-0.2, 0) is 0 Å². The third-order valence-electron chi connectivity index (χ3n) is 3.08. The second kappa shape index (κ2) is 7.34. The summed E-state index contributed by atoms with van der Waals surface area (Å²) < 4.78 is 0. The summed E-state index contributed by atoms with van der Waals surface area (Å²) >= 11 is 0. The van der Waals surface area contributed by atoms with E-state index in [0.29, 0.717) is 5.96 Å². The van der Waals surface area contributed by atoms with Crippen molar-refractivity contribution >= 4 is 17.3 Å². The minimum atomic E-state index is 0.538. The van der Waals surface area contributed by atoms with E-state index in [0.717, 1.165) is 30.8 Å². The van der Waals surface area contributed by atoms with E-state index in [2.05, 4.69) is 28.9 Å². The van der Waals surface area contributed by atoms with Crippen LogP contribution >= 0.6 is 0 Å². The molecule has 0 aliphatic heterocycles. The number of nitrogens with two attached hydrogens (primary N) is 1. The summed E-state index contributed by atoms with van der Waals surface area (Å²) in [6, 6.07) is 20.0. The van der Waals surface area contributed by atoms with Crippen LogP contribution in [0.5, 0.6) is 0 Å². The highest BCUT2D eigenvalue weighted by molar-refractivity contribution is 5.96. The summed E-state index contributed by atoms with van der Waals surface area (Å²) in [7, 11) is 0. The van der Waals surface area contributed by atoms with E-state index in [9.17, 15) is 0 Å². The highest BCUT2D eigenvalue weighted by atomic mass is 15.3. The zero-order valence-electron chi connectivity index (χ0n) is 11.9. The van der Waals surface area contributed by atoms with Crippen molar-refractivity contribution in [2.75, 3.05) is 11.4 Å². The van der Waals surface area contributed by atoms with Crippen LogP contribution < -0.4 is 10.6 Å². The Morgan fingerprint density at radius 2 is 1.60 bits per heavy atom. The highest BCUT2D eigenvalue weighted by Gasteiger charge is 2.09. The van der Waals surface area contributed by atoms with Crippen molar-refractivity contribution in [1.82, 2.24) is 0 Å². The molecule has 104 valence electrons. The maximum absolute atomic E-state index is 6.20. The molecule has 2 N–H and O–H groups in total. The van der Waals surface area contributed by atoms with E-state index >= 15 is 0 Å². The highest BCUT2D eigenvalue weighted by Crippen LogP contribution is 2.16. The van der Waals surface area contributed by atoms with E-state index < -0.39 is 0 Å². The van der Waals surface area contributed by atoms with Crippen LogP contribution in [0, 0.1) is 0 Å². The molecule has 0 fully saturated rings. The van der Waals surface area contributed by atoms with Gasteiger partial charge in [0.2, 0.25) is 5.96 Å². The van der Waals surface area contributed by atoms with Gasteiger partial charge in [-0.3, -0.25) is 0 Å². The van der Waals surface area contributed by atoms with Gasteiger partial charge in [0, 0.05) is 12.2 Å². The van der Waals surface area contributed by atoms with Crippen molar-refractivity contribution in [3.63, 3.8) is 0 Å². The molecule has 0 atom stereocenters. The first-order valence-electron chi connectivity index (χ1n) is 7.03. The lowest BCUT2D eigenvalue weighted by Gasteiger charge is -2.23. The van der Waals surface area contributed by atoms with E-state index in [1.165, 1.54) is 0 Å². The van der Waals surface area contributed by atoms with Crippen molar-refractivity contribution in [1.29, 1.82) is 0 Å². The van der Waals surface area contributed by atoms with Crippen LogP contribution in [0.25, 0.3) is 0 Å². The van der Waals surface area contributed by atoms with Gasteiger partial charge in [0.25, 0.3) is 0 Å². The smallest absolute Gasteiger partial charge is 0.201 e. The topological polar surface area (TPSA) is 41.6 Å². The zero-order valence-corrected chi connectivity index (χ0v) is 11.9. The standard InChI is InChI=1S/C17H21N3/c1-2-3-14-20(16-12-8-5-9-13-16)17(18)19-15-10-6-4-7-11-15/h4-13H,2-3,14H2,1H3,(H2,18,19). The number of unbranched alkanes of at least 4 members (excludes halogenated alkanes) is 1. The van der Waals surface area contributed by atoms with Crippen molar-refractivity contribution in [3.05, 3.63) is 60.7 Å². The Morgan fingerprint density at radius 1 is 1.00 bits per heavy atom. The summed E-state index contributed by atoms with van der Waals surface area (Å²) in [6.45, 7) is 3.05. The van der Waals surface area contributed by atoms with Crippen molar-refractivity contribution in [2.45, 2.75) is 19.8 Å². The van der Waals surface area contributed by atoms with Gasteiger partial charge in [0.05, 0.1) is 5.69 Å². The molecule has 0 amide bonds. The van der Waals surface area contributed by atoms with Gasteiger partial charge in [-0.25, -0.2) is 4.99 Å². The first-order valence-corrected chi connectivity index (χ1v) is 7.03. The molecule has 0 spiro atoms. The molecule has 2 rings (SSSR count). The Kier molecular flexibility index (Phi) is 5.18. The number of hydrogen-bond donors (Lipinski definition) is 1. The third kappa shape index (κ3) is 3.85. The van der Waals surface area contributed by atoms with Gasteiger partial charge in [-0.1, -0.05) is 49.7 Å². The minimum Gasteiger partial charge on any atom is -0.369 e. The van der Waals surface area contributed by atoms with Crippen LogP contribution in [0.3, 0.4) is 0 Å². The summed E-state index contributed by atoms with van der Waals surface area (Å²) in [5, 5.41) is 0. The number of benzene rings is 2. The van der Waals surface area contributed by atoms with Crippen molar-refractivity contribution < 1.29 is 0 Å². The molecule has 0 saturated heterocycles. The quantitative estimate of drug-likeness (QED) is 0.658. The molecule has 0 radical (unpaired) electrons. The maximum Gasteiger partial charge on any atom is 0.201 e. The van der Waals surface area contributed by atoms with Gasteiger partial charge >= 0.3 is 0 Å². The van der Waals surface area contributed by atoms with Gasteiger partial charge in [-0.2, -0.15) is 0 Å². The number of para-hydroxylation sites is 2. The first kappa shape index (κ1) is 14.1. The monoisotopic (exact) mass is 267 g/mol. The molecule has 0 heterocycles. The summed E-state index contributed by atoms with van der Waals surface area (Å²) in [5.41, 5.74) is 8.16. The first-order chi connectivity index (χ1) is 9.81. The Balaban J connectivity index is 2.24. The predicted molar refractivity (Wildman–Crippen MR) is 86.4 cm³/mol. The van der Waals surface area contributed by atoms with Crippen LogP contribution in [0.15, 0.2) is 65.7 Å². The van der Waals surface area contributed by atoms with E-state index in [1.807, 2.05) is 48.5 Å². The molecule has 0 aromatic heterocycles. The summed E-state index contributed by atoms with van der Waals surface area (Å²) in [6.07, 6.45) is 2.21. The number of hydrogen-bond acceptors (Lipinski definition) is 1. The van der Waals surface area contributed by atoms with Gasteiger partial charge in [-0.15, -0.1) is 0 Å². The zero-order chi connectivity index (χ0) is 14.2. The second-order valence-electron chi connectivity index (χ2n) is 4.65. The lowest BCUT2D eigenvalue weighted by atomic mass is 10.2. The largest absolute Gasteiger partial charge is 0.369 e. The maximum atomic E-state index is 6.20. The fourth-order valence-corrected chi connectivity index (χ4v) is 2.00. The van der Waals surface area contributed by atoms with Gasteiger partial charge in [0.15, 0.2) is 0 Å². The molecule has 20 heavy (non-hydrogen) atoms. The van der Waals surface area contributed by atoms with E-state index in [4.69, 9.17) is 5.73 Å². The average Bonchev–Trinajstić information content (AvgIpc) is 2.50. The minimum absolute atomic E-state index is 0.538. The molecule has 0 aliphatic rings. The van der Waals surface area contributed by atoms with Crippen LogP contribution in [-0.4, -0.2) is 12.5 Å². The molecule has 0 bridgehead atoms.